The summed E-state index contributed by atoms with van der Waals surface area (Å²) in [7, 11) is 0. The van der Waals surface area contributed by atoms with Gasteiger partial charge < -0.3 is 0 Å². The van der Waals surface area contributed by atoms with Crippen molar-refractivity contribution >= 4 is 34.8 Å². The third-order valence-electron chi connectivity index (χ3n) is 3.69. The first-order chi connectivity index (χ1) is 12.5. The maximum atomic E-state index is 13.3. The molecule has 0 radical (unpaired) electrons. The number of carbonyl (C=O) groups is 2. The van der Waals surface area contributed by atoms with Crippen molar-refractivity contribution in [2.45, 2.75) is 31.6 Å². The van der Waals surface area contributed by atoms with E-state index in [-0.39, 0.29) is 10.5 Å². The lowest BCUT2D eigenvalue weighted by Gasteiger charge is -2.37. The van der Waals surface area contributed by atoms with Gasteiger partial charge >= 0.3 is 18.3 Å². The summed E-state index contributed by atoms with van der Waals surface area (Å²) in [6.07, 6.45) is -12.0. The molecular formula is C15H10F8N2O2S. The lowest BCUT2D eigenvalue weighted by atomic mass is 10.1. The smallest absolute Gasteiger partial charge is 0.282 e. The zero-order chi connectivity index (χ0) is 21.7. The molecule has 0 N–H and O–H groups in total. The Labute approximate surface area is 157 Å². The maximum absolute atomic E-state index is 13.3. The van der Waals surface area contributed by atoms with Crippen molar-refractivity contribution in [3.63, 3.8) is 0 Å². The van der Waals surface area contributed by atoms with Crippen molar-refractivity contribution in [1.29, 1.82) is 0 Å². The summed E-state index contributed by atoms with van der Waals surface area (Å²) in [6, 6.07) is 2.27. The monoisotopic (exact) mass is 434 g/mol. The number of rotatable bonds is 3. The molecule has 1 aliphatic heterocycles. The Balaban J connectivity index is 2.46. The SMILES string of the molecule is Cc1cc(N2C(=O)CC(=O)N(CC(F)(F)C(F)(F)F)C2=S)cc(C(F)(F)F)c1. The molecule has 28 heavy (non-hydrogen) atoms. The first-order valence-corrected chi connectivity index (χ1v) is 7.76. The van der Waals surface area contributed by atoms with Gasteiger partial charge in [-0.15, -0.1) is 0 Å². The average Bonchev–Trinajstić information content (AvgIpc) is 2.48. The second-order valence-electron chi connectivity index (χ2n) is 5.93. The Morgan fingerprint density at radius 2 is 1.54 bits per heavy atom. The fourth-order valence-corrected chi connectivity index (χ4v) is 2.77. The fraction of sp³-hybridized carbons (Fsp3) is 0.400. The van der Waals surface area contributed by atoms with Gasteiger partial charge in [0.05, 0.1) is 11.3 Å². The first-order valence-electron chi connectivity index (χ1n) is 7.35. The van der Waals surface area contributed by atoms with Gasteiger partial charge in [0.2, 0.25) is 11.8 Å². The number of amides is 2. The summed E-state index contributed by atoms with van der Waals surface area (Å²) in [4.78, 5) is 24.1. The van der Waals surface area contributed by atoms with E-state index in [1.165, 1.54) is 6.92 Å². The van der Waals surface area contributed by atoms with Crippen LogP contribution in [0.2, 0.25) is 0 Å². The normalized spacial score (nSPS) is 16.8. The highest BCUT2D eigenvalue weighted by molar-refractivity contribution is 7.80. The third-order valence-corrected chi connectivity index (χ3v) is 4.10. The van der Waals surface area contributed by atoms with Crippen molar-refractivity contribution < 1.29 is 44.7 Å². The van der Waals surface area contributed by atoms with E-state index in [2.05, 4.69) is 12.2 Å². The van der Waals surface area contributed by atoms with Gasteiger partial charge in [0.15, 0.2) is 5.11 Å². The zero-order valence-corrected chi connectivity index (χ0v) is 14.6. The summed E-state index contributed by atoms with van der Waals surface area (Å²) in [6.45, 7) is -0.952. The summed E-state index contributed by atoms with van der Waals surface area (Å²) < 4.78 is 103. The van der Waals surface area contributed by atoms with Crippen LogP contribution in [0.4, 0.5) is 40.8 Å². The summed E-state index contributed by atoms with van der Waals surface area (Å²) in [5.41, 5.74) is -1.68. The predicted octanol–water partition coefficient (Wildman–Crippen LogP) is 4.06. The number of carbonyl (C=O) groups excluding carboxylic acids is 2. The average molecular weight is 434 g/mol. The lowest BCUT2D eigenvalue weighted by molar-refractivity contribution is -0.283. The van der Waals surface area contributed by atoms with Gasteiger partial charge in [0, 0.05) is 0 Å². The van der Waals surface area contributed by atoms with Crippen molar-refractivity contribution in [2.75, 3.05) is 11.4 Å². The molecule has 13 heteroatoms. The van der Waals surface area contributed by atoms with Crippen molar-refractivity contribution in [3.05, 3.63) is 29.3 Å². The van der Waals surface area contributed by atoms with Crippen LogP contribution < -0.4 is 4.90 Å². The van der Waals surface area contributed by atoms with E-state index in [1.807, 2.05) is 0 Å². The Hall–Kier alpha value is -2.31. The molecule has 0 bridgehead atoms. The topological polar surface area (TPSA) is 40.6 Å². The molecule has 0 spiro atoms. The molecule has 1 saturated heterocycles. The van der Waals surface area contributed by atoms with Crippen LogP contribution in [0.15, 0.2) is 18.2 Å². The molecule has 1 heterocycles. The van der Waals surface area contributed by atoms with Gasteiger partial charge in [-0.25, -0.2) is 0 Å². The molecule has 1 aromatic carbocycles. The minimum Gasteiger partial charge on any atom is -0.282 e. The van der Waals surface area contributed by atoms with Gasteiger partial charge in [-0.3, -0.25) is 19.4 Å². The molecular weight excluding hydrogens is 424 g/mol. The van der Waals surface area contributed by atoms with Gasteiger partial charge in [-0.2, -0.15) is 35.1 Å². The molecule has 4 nitrogen and oxygen atoms in total. The van der Waals surface area contributed by atoms with E-state index in [9.17, 15) is 44.7 Å². The predicted molar refractivity (Wildman–Crippen MR) is 83.6 cm³/mol. The van der Waals surface area contributed by atoms with E-state index in [4.69, 9.17) is 0 Å². The largest absolute Gasteiger partial charge is 0.455 e. The number of hydrogen-bond donors (Lipinski definition) is 0. The quantitative estimate of drug-likeness (QED) is 0.409. The molecule has 1 fully saturated rings. The van der Waals surface area contributed by atoms with Gasteiger partial charge in [0.1, 0.15) is 13.0 Å². The Kier molecular flexibility index (Phi) is 5.45. The summed E-state index contributed by atoms with van der Waals surface area (Å²) in [5, 5.41) is -1.07. The molecule has 2 rings (SSSR count). The van der Waals surface area contributed by atoms with Crippen LogP contribution in [0, 0.1) is 6.92 Å². The number of halogens is 8. The fourth-order valence-electron chi connectivity index (χ4n) is 2.39. The van der Waals surface area contributed by atoms with Gasteiger partial charge in [0.25, 0.3) is 0 Å². The van der Waals surface area contributed by atoms with Crippen LogP contribution in [-0.2, 0) is 15.8 Å². The number of aryl methyl sites for hydroxylation is 1. The van der Waals surface area contributed by atoms with Crippen LogP contribution in [0.3, 0.4) is 0 Å². The molecule has 0 atom stereocenters. The zero-order valence-electron chi connectivity index (χ0n) is 13.8. The summed E-state index contributed by atoms with van der Waals surface area (Å²) in [5.74, 6) is -7.91. The number of hydrogen-bond acceptors (Lipinski definition) is 3. The third kappa shape index (κ3) is 4.23. The van der Waals surface area contributed by atoms with E-state index < -0.39 is 59.4 Å². The van der Waals surface area contributed by atoms with Crippen LogP contribution in [0.5, 0.6) is 0 Å². The second-order valence-corrected chi connectivity index (χ2v) is 6.29. The number of alkyl halides is 8. The van der Waals surface area contributed by atoms with Gasteiger partial charge in [-0.05, 0) is 42.9 Å². The Morgan fingerprint density at radius 1 is 0.964 bits per heavy atom. The second kappa shape index (κ2) is 6.94. The minimum atomic E-state index is -6.00. The van der Waals surface area contributed by atoms with E-state index in [0.717, 1.165) is 12.1 Å². The number of thiocarbonyl (C=S) groups is 1. The molecule has 0 saturated carbocycles. The Bertz CT molecular complexity index is 834. The minimum absolute atomic E-state index is 0.0181. The number of nitrogens with zero attached hydrogens (tertiary/aromatic N) is 2. The number of anilines is 1. The molecule has 0 aromatic heterocycles. The molecule has 0 unspecified atom stereocenters. The van der Waals surface area contributed by atoms with Crippen LogP contribution in [-0.4, -0.2) is 40.5 Å². The molecule has 1 aromatic rings. The van der Waals surface area contributed by atoms with Crippen molar-refractivity contribution in [1.82, 2.24) is 4.90 Å². The molecule has 1 aliphatic rings. The summed E-state index contributed by atoms with van der Waals surface area (Å²) >= 11 is 4.68. The molecule has 0 aliphatic carbocycles. The molecule has 154 valence electrons. The highest BCUT2D eigenvalue weighted by atomic mass is 32.1. The van der Waals surface area contributed by atoms with Crippen molar-refractivity contribution in [2.24, 2.45) is 0 Å². The molecule has 2 amide bonds. The number of benzene rings is 1. The highest BCUT2D eigenvalue weighted by Gasteiger charge is 2.59. The van der Waals surface area contributed by atoms with E-state index >= 15 is 0 Å². The van der Waals surface area contributed by atoms with E-state index in [1.54, 1.807) is 0 Å². The maximum Gasteiger partial charge on any atom is 0.455 e. The van der Waals surface area contributed by atoms with Crippen molar-refractivity contribution in [3.8, 4) is 0 Å². The van der Waals surface area contributed by atoms with Crippen LogP contribution >= 0.6 is 12.2 Å². The van der Waals surface area contributed by atoms with Crippen LogP contribution in [0.25, 0.3) is 0 Å². The van der Waals surface area contributed by atoms with Crippen LogP contribution in [0.1, 0.15) is 17.5 Å². The standard InChI is InChI=1S/C15H10F8N2O2S/c1-7-2-8(14(18,19)20)4-9(3-7)25-11(27)5-10(26)24(12(25)28)6-13(16,17)15(21,22)23/h2-4H,5-6H2,1H3. The van der Waals surface area contributed by atoms with Gasteiger partial charge in [-0.1, -0.05) is 0 Å². The highest BCUT2D eigenvalue weighted by Crippen LogP contribution is 2.38. The lowest BCUT2D eigenvalue weighted by Crippen LogP contribution is -2.59. The Morgan fingerprint density at radius 3 is 2.04 bits per heavy atom. The first kappa shape index (κ1) is 22.0. The van der Waals surface area contributed by atoms with E-state index in [0.29, 0.717) is 11.0 Å².